The number of pyridine rings is 1. The lowest BCUT2D eigenvalue weighted by molar-refractivity contribution is 0.0635. The third kappa shape index (κ3) is 7.04. The summed E-state index contributed by atoms with van der Waals surface area (Å²) in [6.45, 7) is 15.3. The van der Waals surface area contributed by atoms with E-state index in [0.29, 0.717) is 24.8 Å². The predicted octanol–water partition coefficient (Wildman–Crippen LogP) is 6.94. The SMILES string of the molecule is Cc1cn(COCC[Si](C)(C)C)c2nccc(Oc3ccc(NC(=O)OC(C)(C)C)c(F)c3)c12. The molecule has 0 aliphatic carbocycles. The first-order valence-electron chi connectivity index (χ1n) is 11.3. The molecule has 0 spiro atoms. The number of hydrogen-bond donors (Lipinski definition) is 1. The zero-order valence-electron chi connectivity index (χ0n) is 21.0. The van der Waals surface area contributed by atoms with Crippen molar-refractivity contribution < 1.29 is 23.4 Å². The third-order valence-electron chi connectivity index (χ3n) is 4.94. The van der Waals surface area contributed by atoms with Gasteiger partial charge in [-0.2, -0.15) is 0 Å². The number of nitrogens with one attached hydrogen (secondary N) is 1. The zero-order valence-corrected chi connectivity index (χ0v) is 22.0. The molecule has 1 amide bonds. The van der Waals surface area contributed by atoms with Gasteiger partial charge in [0.05, 0.1) is 11.1 Å². The largest absolute Gasteiger partial charge is 0.456 e. The average Bonchev–Trinajstić information content (AvgIpc) is 3.02. The number of fused-ring (bicyclic) bond motifs is 1. The van der Waals surface area contributed by atoms with Gasteiger partial charge in [-0.15, -0.1) is 0 Å². The Bertz CT molecular complexity index is 1170. The van der Waals surface area contributed by atoms with Crippen molar-refractivity contribution in [2.75, 3.05) is 11.9 Å². The molecule has 0 radical (unpaired) electrons. The number of amides is 1. The van der Waals surface area contributed by atoms with Crippen molar-refractivity contribution in [2.45, 2.75) is 65.7 Å². The van der Waals surface area contributed by atoms with E-state index in [4.69, 9.17) is 14.2 Å². The van der Waals surface area contributed by atoms with Crippen molar-refractivity contribution >= 4 is 30.9 Å². The Hall–Kier alpha value is -2.91. The Morgan fingerprint density at radius 1 is 1.21 bits per heavy atom. The van der Waals surface area contributed by atoms with Crippen molar-refractivity contribution in [1.82, 2.24) is 9.55 Å². The van der Waals surface area contributed by atoms with Gasteiger partial charge in [0.25, 0.3) is 0 Å². The summed E-state index contributed by atoms with van der Waals surface area (Å²) in [4.78, 5) is 16.4. The van der Waals surface area contributed by atoms with E-state index >= 15 is 0 Å². The minimum absolute atomic E-state index is 0.0132. The molecule has 7 nitrogen and oxygen atoms in total. The predicted molar refractivity (Wildman–Crippen MR) is 135 cm³/mol. The van der Waals surface area contributed by atoms with E-state index in [1.807, 2.05) is 17.7 Å². The van der Waals surface area contributed by atoms with E-state index in [9.17, 15) is 9.18 Å². The molecule has 0 aliphatic rings. The number of aryl methyl sites for hydroxylation is 1. The van der Waals surface area contributed by atoms with Gasteiger partial charge in [0, 0.05) is 33.1 Å². The highest BCUT2D eigenvalue weighted by atomic mass is 28.3. The van der Waals surface area contributed by atoms with E-state index in [1.54, 1.807) is 39.1 Å². The lowest BCUT2D eigenvalue weighted by Gasteiger charge is -2.20. The lowest BCUT2D eigenvalue weighted by Crippen LogP contribution is -2.27. The van der Waals surface area contributed by atoms with Gasteiger partial charge < -0.3 is 18.8 Å². The van der Waals surface area contributed by atoms with Gasteiger partial charge in [-0.25, -0.2) is 14.2 Å². The molecule has 3 aromatic rings. The van der Waals surface area contributed by atoms with Crippen LogP contribution in [0.5, 0.6) is 11.5 Å². The van der Waals surface area contributed by atoms with Gasteiger partial charge in [-0.05, 0) is 57.5 Å². The maximum Gasteiger partial charge on any atom is 0.412 e. The van der Waals surface area contributed by atoms with Crippen LogP contribution in [0.3, 0.4) is 0 Å². The van der Waals surface area contributed by atoms with Crippen molar-refractivity contribution in [3.63, 3.8) is 0 Å². The van der Waals surface area contributed by atoms with Crippen LogP contribution in [0.25, 0.3) is 11.0 Å². The van der Waals surface area contributed by atoms with Crippen molar-refractivity contribution in [3.8, 4) is 11.5 Å². The Kier molecular flexibility index (Phi) is 7.67. The van der Waals surface area contributed by atoms with Crippen LogP contribution in [0.1, 0.15) is 26.3 Å². The number of ether oxygens (including phenoxy) is 3. The van der Waals surface area contributed by atoms with Gasteiger partial charge in [0.1, 0.15) is 29.5 Å². The summed E-state index contributed by atoms with van der Waals surface area (Å²) in [5, 5.41) is 3.26. The van der Waals surface area contributed by atoms with Crippen LogP contribution >= 0.6 is 0 Å². The fourth-order valence-corrected chi connectivity index (χ4v) is 4.06. The molecule has 0 saturated carbocycles. The molecule has 3 rings (SSSR count). The highest BCUT2D eigenvalue weighted by molar-refractivity contribution is 6.76. The van der Waals surface area contributed by atoms with Gasteiger partial charge in [-0.1, -0.05) is 19.6 Å². The zero-order chi connectivity index (χ0) is 25.1. The lowest BCUT2D eigenvalue weighted by atomic mass is 10.2. The Balaban J connectivity index is 1.74. The summed E-state index contributed by atoms with van der Waals surface area (Å²) < 4.78 is 33.6. The maximum absolute atomic E-state index is 14.6. The van der Waals surface area contributed by atoms with Gasteiger partial charge >= 0.3 is 6.09 Å². The van der Waals surface area contributed by atoms with E-state index in [1.165, 1.54) is 12.1 Å². The van der Waals surface area contributed by atoms with E-state index in [2.05, 4.69) is 29.9 Å². The van der Waals surface area contributed by atoms with Gasteiger partial charge in [0.2, 0.25) is 0 Å². The smallest absolute Gasteiger partial charge is 0.412 e. The molecular weight excluding hydrogens is 453 g/mol. The summed E-state index contributed by atoms with van der Waals surface area (Å²) in [6, 6.07) is 7.10. The Morgan fingerprint density at radius 3 is 2.59 bits per heavy atom. The van der Waals surface area contributed by atoms with Crippen LogP contribution < -0.4 is 10.1 Å². The normalized spacial score (nSPS) is 12.1. The molecule has 0 bridgehead atoms. The highest BCUT2D eigenvalue weighted by Gasteiger charge is 2.18. The van der Waals surface area contributed by atoms with Gasteiger partial charge in [0.15, 0.2) is 5.82 Å². The molecule has 0 atom stereocenters. The van der Waals surface area contributed by atoms with Crippen LogP contribution in [0.2, 0.25) is 25.7 Å². The Morgan fingerprint density at radius 2 is 1.94 bits per heavy atom. The molecule has 0 saturated heterocycles. The second-order valence-electron chi connectivity index (χ2n) is 10.5. The molecule has 0 unspecified atom stereocenters. The molecular formula is C25H34FN3O4Si. The third-order valence-corrected chi connectivity index (χ3v) is 6.64. The molecule has 1 aromatic carbocycles. The molecule has 0 fully saturated rings. The van der Waals surface area contributed by atoms with E-state index in [-0.39, 0.29) is 5.69 Å². The monoisotopic (exact) mass is 487 g/mol. The van der Waals surface area contributed by atoms with Crippen molar-refractivity contribution in [3.05, 3.63) is 48.0 Å². The standard InChI is InChI=1S/C25H34FN3O4Si/c1-17-15-29(16-31-12-13-34(5,6)7)23-22(17)21(10-11-27-23)32-18-8-9-20(19(26)14-18)28-24(30)33-25(2,3)4/h8-11,14-15H,12-13,16H2,1-7H3,(H,28,30). The minimum atomic E-state index is -1.16. The molecule has 2 heterocycles. The topological polar surface area (TPSA) is 74.6 Å². The number of rotatable bonds is 8. The van der Waals surface area contributed by atoms with Crippen molar-refractivity contribution in [1.29, 1.82) is 0 Å². The van der Waals surface area contributed by atoms with Crippen molar-refractivity contribution in [2.24, 2.45) is 0 Å². The fraction of sp³-hybridized carbons (Fsp3) is 0.440. The summed E-state index contributed by atoms with van der Waals surface area (Å²) >= 11 is 0. The summed E-state index contributed by atoms with van der Waals surface area (Å²) in [5.41, 5.74) is 1.06. The molecule has 184 valence electrons. The van der Waals surface area contributed by atoms with E-state index in [0.717, 1.165) is 22.6 Å². The fourth-order valence-electron chi connectivity index (χ4n) is 3.31. The summed E-state index contributed by atoms with van der Waals surface area (Å²) in [7, 11) is -1.16. The second kappa shape index (κ2) is 10.1. The van der Waals surface area contributed by atoms with Crippen LogP contribution in [0.4, 0.5) is 14.9 Å². The number of nitrogens with zero attached hydrogens (tertiary/aromatic N) is 2. The number of carbonyl (C=O) groups is 1. The number of hydrogen-bond acceptors (Lipinski definition) is 5. The van der Waals surface area contributed by atoms with E-state index < -0.39 is 25.6 Å². The summed E-state index contributed by atoms with van der Waals surface area (Å²) in [6.07, 6.45) is 2.91. The van der Waals surface area contributed by atoms with Crippen LogP contribution in [0, 0.1) is 12.7 Å². The number of anilines is 1. The number of benzene rings is 1. The maximum atomic E-state index is 14.6. The van der Waals surface area contributed by atoms with Crippen LogP contribution in [-0.4, -0.2) is 35.9 Å². The number of halogens is 1. The average molecular weight is 488 g/mol. The molecule has 0 aliphatic heterocycles. The molecule has 1 N–H and O–H groups in total. The molecule has 2 aromatic heterocycles. The molecule has 9 heteroatoms. The minimum Gasteiger partial charge on any atom is -0.456 e. The Labute approximate surface area is 201 Å². The highest BCUT2D eigenvalue weighted by Crippen LogP contribution is 2.33. The number of carbonyl (C=O) groups excluding carboxylic acids is 1. The van der Waals surface area contributed by atoms with Crippen LogP contribution in [-0.2, 0) is 16.2 Å². The summed E-state index contributed by atoms with van der Waals surface area (Å²) in [5.74, 6) is 0.243. The first kappa shape index (κ1) is 25.7. The quantitative estimate of drug-likeness (QED) is 0.275. The second-order valence-corrected chi connectivity index (χ2v) is 16.1. The number of aromatic nitrogens is 2. The first-order chi connectivity index (χ1) is 15.8. The van der Waals surface area contributed by atoms with Crippen LogP contribution in [0.15, 0.2) is 36.7 Å². The first-order valence-corrected chi connectivity index (χ1v) is 15.0. The molecule has 34 heavy (non-hydrogen) atoms. The van der Waals surface area contributed by atoms with Gasteiger partial charge in [-0.3, -0.25) is 5.32 Å².